The normalized spacial score (nSPS) is 10.6. The van der Waals surface area contributed by atoms with Gasteiger partial charge in [-0.1, -0.05) is 12.2 Å². The van der Waals surface area contributed by atoms with E-state index >= 15 is 0 Å². The number of nitrogen functional groups attached to an aromatic ring is 1. The molecule has 2 N–H and O–H groups in total. The van der Waals surface area contributed by atoms with Crippen LogP contribution in [-0.2, 0) is 0 Å². The summed E-state index contributed by atoms with van der Waals surface area (Å²) in [5.74, 6) is 0.473. The molecule has 4 heteroatoms. The number of hydrogen-bond acceptors (Lipinski definition) is 3. The number of nitrogens with zero attached hydrogens (tertiary/aromatic N) is 1. The molecule has 0 atom stereocenters. The standard InChI is InChI=1S/C9H11BrN2O/c1-2-3-4-13-9-8(11)5-7(10)6-12-9/h2-3,5-6H,4,11H2,1H3/b3-2+. The Bertz CT molecular complexity index is 312. The lowest BCUT2D eigenvalue weighted by atomic mass is 10.4. The lowest BCUT2D eigenvalue weighted by Gasteiger charge is -2.04. The van der Waals surface area contributed by atoms with Crippen LogP contribution in [0.15, 0.2) is 28.9 Å². The Kier molecular flexibility index (Phi) is 3.76. The van der Waals surface area contributed by atoms with E-state index in [1.807, 2.05) is 19.1 Å². The van der Waals surface area contributed by atoms with E-state index in [2.05, 4.69) is 20.9 Å². The zero-order valence-corrected chi connectivity index (χ0v) is 8.91. The van der Waals surface area contributed by atoms with E-state index in [0.29, 0.717) is 18.2 Å². The molecule has 1 heterocycles. The maximum absolute atomic E-state index is 5.66. The first-order valence-corrected chi connectivity index (χ1v) is 4.68. The molecule has 0 unspecified atom stereocenters. The summed E-state index contributed by atoms with van der Waals surface area (Å²) >= 11 is 3.27. The monoisotopic (exact) mass is 242 g/mol. The third-order valence-corrected chi connectivity index (χ3v) is 1.83. The fraction of sp³-hybridized carbons (Fsp3) is 0.222. The van der Waals surface area contributed by atoms with Crippen molar-refractivity contribution in [3.05, 3.63) is 28.9 Å². The Labute approximate surface area is 85.7 Å². The van der Waals surface area contributed by atoms with Crippen LogP contribution in [-0.4, -0.2) is 11.6 Å². The summed E-state index contributed by atoms with van der Waals surface area (Å²) in [6, 6.07) is 1.76. The molecule has 0 bridgehead atoms. The number of ether oxygens (including phenoxy) is 1. The second-order valence-electron chi connectivity index (χ2n) is 2.43. The van der Waals surface area contributed by atoms with Crippen LogP contribution in [0.1, 0.15) is 6.92 Å². The van der Waals surface area contributed by atoms with Gasteiger partial charge in [-0.15, -0.1) is 0 Å². The van der Waals surface area contributed by atoms with E-state index in [4.69, 9.17) is 10.5 Å². The topological polar surface area (TPSA) is 48.1 Å². The van der Waals surface area contributed by atoms with Gasteiger partial charge in [0.25, 0.3) is 0 Å². The molecule has 13 heavy (non-hydrogen) atoms. The van der Waals surface area contributed by atoms with E-state index < -0.39 is 0 Å². The molecular weight excluding hydrogens is 232 g/mol. The number of rotatable bonds is 3. The Hall–Kier alpha value is -1.03. The molecule has 0 fully saturated rings. The highest BCUT2D eigenvalue weighted by molar-refractivity contribution is 9.10. The maximum atomic E-state index is 5.66. The lowest BCUT2D eigenvalue weighted by Crippen LogP contribution is -1.99. The molecule has 0 aromatic carbocycles. The Morgan fingerprint density at radius 2 is 2.46 bits per heavy atom. The Balaban J connectivity index is 2.66. The van der Waals surface area contributed by atoms with Crippen LogP contribution in [0.3, 0.4) is 0 Å². The van der Waals surface area contributed by atoms with E-state index in [-0.39, 0.29) is 0 Å². The van der Waals surface area contributed by atoms with Crippen LogP contribution in [0.2, 0.25) is 0 Å². The summed E-state index contributed by atoms with van der Waals surface area (Å²) in [7, 11) is 0. The van der Waals surface area contributed by atoms with Crippen molar-refractivity contribution in [1.29, 1.82) is 0 Å². The molecular formula is C9H11BrN2O. The summed E-state index contributed by atoms with van der Waals surface area (Å²) in [5.41, 5.74) is 6.20. The minimum atomic E-state index is 0.473. The van der Waals surface area contributed by atoms with Gasteiger partial charge in [0.15, 0.2) is 0 Å². The second kappa shape index (κ2) is 4.87. The van der Waals surface area contributed by atoms with Crippen molar-refractivity contribution in [2.24, 2.45) is 0 Å². The molecule has 70 valence electrons. The average Bonchev–Trinajstić information content (AvgIpc) is 2.09. The summed E-state index contributed by atoms with van der Waals surface area (Å²) < 4.78 is 6.14. The van der Waals surface area contributed by atoms with Crippen LogP contribution < -0.4 is 10.5 Å². The summed E-state index contributed by atoms with van der Waals surface area (Å²) in [6.45, 7) is 2.43. The van der Waals surface area contributed by atoms with Crippen molar-refractivity contribution in [1.82, 2.24) is 4.98 Å². The van der Waals surface area contributed by atoms with Gasteiger partial charge >= 0.3 is 0 Å². The zero-order valence-electron chi connectivity index (χ0n) is 7.33. The number of anilines is 1. The molecule has 0 saturated carbocycles. The van der Waals surface area contributed by atoms with Gasteiger partial charge in [-0.05, 0) is 28.9 Å². The fourth-order valence-corrected chi connectivity index (χ4v) is 1.14. The molecule has 0 amide bonds. The minimum Gasteiger partial charge on any atom is -0.472 e. The van der Waals surface area contributed by atoms with E-state index in [9.17, 15) is 0 Å². The van der Waals surface area contributed by atoms with Crippen molar-refractivity contribution in [3.8, 4) is 5.88 Å². The largest absolute Gasteiger partial charge is 0.472 e. The van der Waals surface area contributed by atoms with Crippen LogP contribution in [0.4, 0.5) is 5.69 Å². The van der Waals surface area contributed by atoms with Gasteiger partial charge in [0.05, 0.1) is 5.69 Å². The molecule has 1 aromatic rings. The first-order chi connectivity index (χ1) is 6.24. The van der Waals surface area contributed by atoms with Crippen molar-refractivity contribution < 1.29 is 4.74 Å². The minimum absolute atomic E-state index is 0.473. The molecule has 1 aromatic heterocycles. The van der Waals surface area contributed by atoms with Crippen molar-refractivity contribution in [2.75, 3.05) is 12.3 Å². The molecule has 3 nitrogen and oxygen atoms in total. The Morgan fingerprint density at radius 3 is 3.08 bits per heavy atom. The highest BCUT2D eigenvalue weighted by Crippen LogP contribution is 2.21. The van der Waals surface area contributed by atoms with E-state index in [0.717, 1.165) is 4.47 Å². The number of nitrogens with two attached hydrogens (primary N) is 1. The highest BCUT2D eigenvalue weighted by Gasteiger charge is 2.00. The first-order valence-electron chi connectivity index (χ1n) is 3.89. The van der Waals surface area contributed by atoms with Crippen molar-refractivity contribution in [2.45, 2.75) is 6.92 Å². The van der Waals surface area contributed by atoms with Crippen molar-refractivity contribution >= 4 is 21.6 Å². The SMILES string of the molecule is C/C=C/COc1ncc(Br)cc1N. The van der Waals surface area contributed by atoms with Crippen LogP contribution in [0.25, 0.3) is 0 Å². The average molecular weight is 243 g/mol. The number of pyridine rings is 1. The van der Waals surface area contributed by atoms with Gasteiger partial charge in [0, 0.05) is 10.7 Å². The molecule has 0 spiro atoms. The van der Waals surface area contributed by atoms with Crippen LogP contribution in [0.5, 0.6) is 5.88 Å². The molecule has 0 aliphatic carbocycles. The summed E-state index contributed by atoms with van der Waals surface area (Å²) in [4.78, 5) is 4.02. The van der Waals surface area contributed by atoms with Crippen LogP contribution >= 0.6 is 15.9 Å². The second-order valence-corrected chi connectivity index (χ2v) is 3.34. The van der Waals surface area contributed by atoms with Gasteiger partial charge in [0.1, 0.15) is 6.61 Å². The Morgan fingerprint density at radius 1 is 1.69 bits per heavy atom. The third kappa shape index (κ3) is 3.06. The highest BCUT2D eigenvalue weighted by atomic mass is 79.9. The smallest absolute Gasteiger partial charge is 0.237 e. The van der Waals surface area contributed by atoms with Gasteiger partial charge < -0.3 is 10.5 Å². The quantitative estimate of drug-likeness (QED) is 0.829. The first kappa shape index (κ1) is 10.1. The number of allylic oxidation sites excluding steroid dienone is 1. The molecule has 0 aliphatic rings. The third-order valence-electron chi connectivity index (χ3n) is 1.40. The number of hydrogen-bond donors (Lipinski definition) is 1. The number of halogens is 1. The van der Waals surface area contributed by atoms with Crippen molar-refractivity contribution in [3.63, 3.8) is 0 Å². The predicted molar refractivity (Wildman–Crippen MR) is 56.7 cm³/mol. The van der Waals surface area contributed by atoms with Gasteiger partial charge in [-0.25, -0.2) is 4.98 Å². The zero-order chi connectivity index (χ0) is 9.68. The number of aromatic nitrogens is 1. The summed E-state index contributed by atoms with van der Waals surface area (Å²) in [6.07, 6.45) is 5.46. The molecule has 0 aliphatic heterocycles. The molecule has 0 saturated heterocycles. The van der Waals surface area contributed by atoms with Crippen LogP contribution in [0, 0.1) is 0 Å². The van der Waals surface area contributed by atoms with E-state index in [1.54, 1.807) is 12.3 Å². The molecule has 1 rings (SSSR count). The molecule has 0 radical (unpaired) electrons. The lowest BCUT2D eigenvalue weighted by molar-refractivity contribution is 0.350. The van der Waals surface area contributed by atoms with Gasteiger partial charge in [0.2, 0.25) is 5.88 Å². The maximum Gasteiger partial charge on any atom is 0.237 e. The fourth-order valence-electron chi connectivity index (χ4n) is 0.786. The predicted octanol–water partition coefficient (Wildman–Crippen LogP) is 2.38. The summed E-state index contributed by atoms with van der Waals surface area (Å²) in [5, 5.41) is 0. The van der Waals surface area contributed by atoms with E-state index in [1.165, 1.54) is 0 Å². The van der Waals surface area contributed by atoms with Gasteiger partial charge in [-0.3, -0.25) is 0 Å². The van der Waals surface area contributed by atoms with Gasteiger partial charge in [-0.2, -0.15) is 0 Å².